The fourth-order valence-corrected chi connectivity index (χ4v) is 3.33. The van der Waals surface area contributed by atoms with Gasteiger partial charge in [0.25, 0.3) is 5.91 Å². The molecule has 0 spiro atoms. The van der Waals surface area contributed by atoms with E-state index in [1.165, 1.54) is 7.11 Å². The van der Waals surface area contributed by atoms with Crippen LogP contribution in [0.4, 0.5) is 5.69 Å². The van der Waals surface area contributed by atoms with E-state index in [4.69, 9.17) is 14.7 Å². The second-order valence-electron chi connectivity index (χ2n) is 7.02. The number of carbonyl (C=O) groups excluding carboxylic acids is 1. The maximum atomic E-state index is 12.9. The van der Waals surface area contributed by atoms with Gasteiger partial charge in [-0.05, 0) is 55.0 Å². The number of nitrogens with one attached hydrogen (secondary N) is 1. The van der Waals surface area contributed by atoms with E-state index in [2.05, 4.69) is 21.5 Å². The maximum absolute atomic E-state index is 12.9. The number of anilines is 1. The predicted molar refractivity (Wildman–Crippen MR) is 123 cm³/mol. The zero-order chi connectivity index (χ0) is 23.2. The lowest BCUT2D eigenvalue weighted by atomic mass is 10.2. The summed E-state index contributed by atoms with van der Waals surface area (Å²) in [6.07, 6.45) is 3.86. The summed E-state index contributed by atoms with van der Waals surface area (Å²) < 4.78 is 12.8. The van der Waals surface area contributed by atoms with Gasteiger partial charge in [-0.1, -0.05) is 13.0 Å². The molecular weight excluding hydrogens is 418 g/mol. The molecule has 0 aliphatic carbocycles. The molecule has 8 nitrogen and oxygen atoms in total. The van der Waals surface area contributed by atoms with Gasteiger partial charge >= 0.3 is 0 Å². The van der Waals surface area contributed by atoms with E-state index < -0.39 is 0 Å². The molecule has 164 valence electrons. The monoisotopic (exact) mass is 439 g/mol. The minimum atomic E-state index is -0.253. The molecule has 1 amide bonds. The predicted octanol–water partition coefficient (Wildman–Crippen LogP) is 4.75. The third-order valence-electron chi connectivity index (χ3n) is 4.95. The number of aromatic nitrogens is 3. The second-order valence-corrected chi connectivity index (χ2v) is 7.02. The molecule has 4 aromatic rings. The first kappa shape index (κ1) is 21.6. The number of nitrogens with zero attached hydrogens (tertiary/aromatic N) is 4. The van der Waals surface area contributed by atoms with Crippen LogP contribution in [-0.4, -0.2) is 27.8 Å². The van der Waals surface area contributed by atoms with E-state index in [1.807, 2.05) is 25.1 Å². The lowest BCUT2D eigenvalue weighted by Crippen LogP contribution is -2.14. The first-order chi connectivity index (χ1) is 16.1. The van der Waals surface area contributed by atoms with Gasteiger partial charge in [0.15, 0.2) is 17.3 Å². The highest BCUT2D eigenvalue weighted by molar-refractivity contribution is 6.05. The largest absolute Gasteiger partial charge is 0.493 e. The molecule has 0 atom stereocenters. The van der Waals surface area contributed by atoms with Gasteiger partial charge in [-0.25, -0.2) is 9.67 Å². The highest BCUT2D eigenvalue weighted by atomic mass is 16.5. The highest BCUT2D eigenvalue weighted by Gasteiger charge is 2.18. The Kier molecular flexibility index (Phi) is 6.32. The average molecular weight is 439 g/mol. The van der Waals surface area contributed by atoms with Crippen molar-refractivity contribution in [2.75, 3.05) is 12.4 Å². The van der Waals surface area contributed by atoms with E-state index in [1.54, 1.807) is 59.5 Å². The number of rotatable bonds is 7. The summed E-state index contributed by atoms with van der Waals surface area (Å²) in [4.78, 5) is 17.2. The number of ether oxygens (including phenoxy) is 2. The molecule has 0 radical (unpaired) electrons. The van der Waals surface area contributed by atoms with E-state index >= 15 is 0 Å². The molecule has 0 fully saturated rings. The van der Waals surface area contributed by atoms with Gasteiger partial charge in [0, 0.05) is 18.0 Å². The van der Waals surface area contributed by atoms with Crippen LogP contribution in [0, 0.1) is 11.3 Å². The number of benzene rings is 2. The quantitative estimate of drug-likeness (QED) is 0.446. The zero-order valence-electron chi connectivity index (χ0n) is 18.1. The van der Waals surface area contributed by atoms with Crippen molar-refractivity contribution in [1.29, 1.82) is 5.26 Å². The number of methoxy groups -OCH3 is 1. The van der Waals surface area contributed by atoms with Crippen molar-refractivity contribution in [1.82, 2.24) is 14.8 Å². The lowest BCUT2D eigenvalue weighted by molar-refractivity contribution is 0.102. The number of amides is 1. The summed E-state index contributed by atoms with van der Waals surface area (Å²) in [5.74, 6) is 1.92. The van der Waals surface area contributed by atoms with E-state index in [-0.39, 0.29) is 5.91 Å². The lowest BCUT2D eigenvalue weighted by Gasteiger charge is -2.11. The SMILES string of the molecule is CCc1c(C(=O)Nc2ccc(Oc3ccc(C#N)cc3OC)cc2)cnn1-c1ccccn1. The Bertz CT molecular complexity index is 1310. The van der Waals surface area contributed by atoms with Crippen molar-refractivity contribution in [3.63, 3.8) is 0 Å². The Hall–Kier alpha value is -4.64. The summed E-state index contributed by atoms with van der Waals surface area (Å²) in [6, 6.07) is 19.5. The molecule has 0 unspecified atom stereocenters. The van der Waals surface area contributed by atoms with Crippen LogP contribution in [0.15, 0.2) is 73.1 Å². The molecule has 33 heavy (non-hydrogen) atoms. The molecule has 0 aliphatic heterocycles. The average Bonchev–Trinajstić information content (AvgIpc) is 3.30. The van der Waals surface area contributed by atoms with Gasteiger partial charge in [-0.3, -0.25) is 4.79 Å². The molecule has 8 heteroatoms. The molecule has 4 rings (SSSR count). The van der Waals surface area contributed by atoms with Crippen LogP contribution < -0.4 is 14.8 Å². The van der Waals surface area contributed by atoms with Crippen molar-refractivity contribution < 1.29 is 14.3 Å². The fraction of sp³-hybridized carbons (Fsp3) is 0.120. The van der Waals surface area contributed by atoms with Crippen molar-refractivity contribution in [2.45, 2.75) is 13.3 Å². The van der Waals surface area contributed by atoms with Crippen LogP contribution in [0.2, 0.25) is 0 Å². The minimum absolute atomic E-state index is 0.253. The van der Waals surface area contributed by atoms with Crippen LogP contribution in [0.25, 0.3) is 5.82 Å². The minimum Gasteiger partial charge on any atom is -0.493 e. The van der Waals surface area contributed by atoms with Crippen LogP contribution in [0.1, 0.15) is 28.5 Å². The molecule has 1 N–H and O–H groups in total. The van der Waals surface area contributed by atoms with Crippen LogP contribution in [0.5, 0.6) is 17.2 Å². The van der Waals surface area contributed by atoms with Gasteiger partial charge in [0.1, 0.15) is 5.75 Å². The fourth-order valence-electron chi connectivity index (χ4n) is 3.33. The third kappa shape index (κ3) is 4.67. The number of pyridine rings is 1. The van der Waals surface area contributed by atoms with Crippen molar-refractivity contribution >= 4 is 11.6 Å². The zero-order valence-corrected chi connectivity index (χ0v) is 18.1. The summed E-state index contributed by atoms with van der Waals surface area (Å²) in [5.41, 5.74) is 2.37. The standard InChI is InChI=1S/C25H21N5O3/c1-3-21-20(16-28-30(21)24-6-4-5-13-27-24)25(31)29-18-8-10-19(11-9-18)33-22-12-7-17(15-26)14-23(22)32-2/h4-14,16H,3H2,1-2H3,(H,29,31). The van der Waals surface area contributed by atoms with Crippen LogP contribution in [-0.2, 0) is 6.42 Å². The Labute approximate surface area is 191 Å². The van der Waals surface area contributed by atoms with E-state index in [9.17, 15) is 4.79 Å². The van der Waals surface area contributed by atoms with Gasteiger partial charge in [-0.15, -0.1) is 0 Å². The summed E-state index contributed by atoms with van der Waals surface area (Å²) in [5, 5.41) is 16.3. The Morgan fingerprint density at radius 1 is 1.12 bits per heavy atom. The van der Waals surface area contributed by atoms with Crippen molar-refractivity contribution in [2.24, 2.45) is 0 Å². The van der Waals surface area contributed by atoms with Crippen LogP contribution >= 0.6 is 0 Å². The Morgan fingerprint density at radius 3 is 2.61 bits per heavy atom. The molecule has 0 saturated carbocycles. The number of nitriles is 1. The van der Waals surface area contributed by atoms with Gasteiger partial charge < -0.3 is 14.8 Å². The Balaban J connectivity index is 1.48. The highest BCUT2D eigenvalue weighted by Crippen LogP contribution is 2.32. The molecule has 0 saturated heterocycles. The maximum Gasteiger partial charge on any atom is 0.259 e. The van der Waals surface area contributed by atoms with Crippen molar-refractivity contribution in [3.05, 3.63) is 89.9 Å². The summed E-state index contributed by atoms with van der Waals surface area (Å²) in [7, 11) is 1.52. The molecule has 2 heterocycles. The number of carbonyl (C=O) groups is 1. The first-order valence-electron chi connectivity index (χ1n) is 10.3. The van der Waals surface area contributed by atoms with E-state index in [0.717, 1.165) is 5.69 Å². The first-order valence-corrected chi connectivity index (χ1v) is 10.3. The summed E-state index contributed by atoms with van der Waals surface area (Å²) in [6.45, 7) is 1.97. The normalized spacial score (nSPS) is 10.3. The summed E-state index contributed by atoms with van der Waals surface area (Å²) >= 11 is 0. The van der Waals surface area contributed by atoms with E-state index in [0.29, 0.717) is 46.3 Å². The molecular formula is C25H21N5O3. The smallest absolute Gasteiger partial charge is 0.259 e. The Morgan fingerprint density at radius 2 is 1.94 bits per heavy atom. The topological polar surface area (TPSA) is 102 Å². The van der Waals surface area contributed by atoms with Gasteiger partial charge in [0.2, 0.25) is 0 Å². The number of hydrogen-bond acceptors (Lipinski definition) is 6. The molecule has 0 aliphatic rings. The number of hydrogen-bond donors (Lipinski definition) is 1. The molecule has 2 aromatic heterocycles. The molecule has 0 bridgehead atoms. The van der Waals surface area contributed by atoms with Gasteiger partial charge in [0.05, 0.1) is 36.2 Å². The molecule has 2 aromatic carbocycles. The second kappa shape index (κ2) is 9.66. The van der Waals surface area contributed by atoms with Crippen LogP contribution in [0.3, 0.4) is 0 Å². The van der Waals surface area contributed by atoms with Crippen molar-refractivity contribution in [3.8, 4) is 29.1 Å². The van der Waals surface area contributed by atoms with Gasteiger partial charge in [-0.2, -0.15) is 10.4 Å². The third-order valence-corrected chi connectivity index (χ3v) is 4.95.